The van der Waals surface area contributed by atoms with E-state index in [1.165, 1.54) is 7.11 Å². The molecule has 0 aliphatic carbocycles. The summed E-state index contributed by atoms with van der Waals surface area (Å²) in [5.41, 5.74) is 0.299. The Kier molecular flexibility index (Phi) is 6.50. The van der Waals surface area contributed by atoms with E-state index in [9.17, 15) is 9.59 Å². The van der Waals surface area contributed by atoms with Crippen molar-refractivity contribution in [1.82, 2.24) is 10.6 Å². The molecule has 0 atom stereocenters. The summed E-state index contributed by atoms with van der Waals surface area (Å²) in [7, 11) is 1.34. The largest absolute Gasteiger partial charge is 0.466 e. The number of hydrogen-bond donors (Lipinski definition) is 2. The molecule has 0 radical (unpaired) electrons. The van der Waals surface area contributed by atoms with Crippen molar-refractivity contribution in [2.75, 3.05) is 20.2 Å². The highest BCUT2D eigenvalue weighted by molar-refractivity contribution is 5.87. The second kappa shape index (κ2) is 7.06. The fourth-order valence-electron chi connectivity index (χ4n) is 1.12. The minimum atomic E-state index is -0.356. The molecule has 0 aliphatic heterocycles. The van der Waals surface area contributed by atoms with Crippen molar-refractivity contribution in [2.24, 2.45) is 0 Å². The molecule has 5 heteroatoms. The number of carbonyl (C=O) groups is 2. The van der Waals surface area contributed by atoms with E-state index in [1.54, 1.807) is 13.0 Å². The first kappa shape index (κ1) is 15.6. The standard InChI is InChI=1S/C12H22N2O3/c1-9(11(16)17-5)6-7-13-8-10(15)14-12(2,3)4/h6,13H,7-8H2,1-5H3,(H,14,15). The number of esters is 1. The van der Waals surface area contributed by atoms with Crippen LogP contribution in [0.4, 0.5) is 0 Å². The third-order valence-corrected chi connectivity index (χ3v) is 1.86. The Hall–Kier alpha value is -1.36. The molecule has 0 saturated carbocycles. The van der Waals surface area contributed by atoms with Crippen LogP contribution in [0, 0.1) is 0 Å². The molecule has 0 aromatic rings. The molecule has 0 fully saturated rings. The van der Waals surface area contributed by atoms with Gasteiger partial charge < -0.3 is 15.4 Å². The van der Waals surface area contributed by atoms with Crippen LogP contribution in [0.5, 0.6) is 0 Å². The van der Waals surface area contributed by atoms with Crippen LogP contribution in [0.1, 0.15) is 27.7 Å². The van der Waals surface area contributed by atoms with Gasteiger partial charge in [0.15, 0.2) is 0 Å². The maximum Gasteiger partial charge on any atom is 0.333 e. The second-order valence-corrected chi connectivity index (χ2v) is 4.81. The van der Waals surface area contributed by atoms with Crippen molar-refractivity contribution >= 4 is 11.9 Å². The molecule has 0 aliphatic rings. The van der Waals surface area contributed by atoms with Crippen molar-refractivity contribution in [3.63, 3.8) is 0 Å². The summed E-state index contributed by atoms with van der Waals surface area (Å²) < 4.78 is 4.54. The van der Waals surface area contributed by atoms with Crippen LogP contribution >= 0.6 is 0 Å². The number of ether oxygens (including phenoxy) is 1. The number of amides is 1. The van der Waals surface area contributed by atoms with Crippen LogP contribution in [0.3, 0.4) is 0 Å². The van der Waals surface area contributed by atoms with Crippen molar-refractivity contribution in [1.29, 1.82) is 0 Å². The monoisotopic (exact) mass is 242 g/mol. The highest BCUT2D eigenvalue weighted by Gasteiger charge is 2.12. The summed E-state index contributed by atoms with van der Waals surface area (Å²) in [5.74, 6) is -0.424. The van der Waals surface area contributed by atoms with E-state index in [2.05, 4.69) is 15.4 Å². The Bertz CT molecular complexity index is 303. The zero-order valence-electron chi connectivity index (χ0n) is 11.2. The smallest absolute Gasteiger partial charge is 0.333 e. The zero-order chi connectivity index (χ0) is 13.5. The van der Waals surface area contributed by atoms with Gasteiger partial charge in [-0.3, -0.25) is 4.79 Å². The lowest BCUT2D eigenvalue weighted by Crippen LogP contribution is -2.44. The predicted octanol–water partition coefficient (Wildman–Crippen LogP) is 0.610. The molecule has 0 bridgehead atoms. The Labute approximate surface area is 103 Å². The maximum absolute atomic E-state index is 11.4. The Balaban J connectivity index is 3.86. The highest BCUT2D eigenvalue weighted by atomic mass is 16.5. The molecular weight excluding hydrogens is 220 g/mol. The number of methoxy groups -OCH3 is 1. The predicted molar refractivity (Wildman–Crippen MR) is 66.5 cm³/mol. The van der Waals surface area contributed by atoms with Gasteiger partial charge in [-0.2, -0.15) is 0 Å². The first-order valence-electron chi connectivity index (χ1n) is 5.53. The van der Waals surface area contributed by atoms with E-state index in [0.717, 1.165) is 0 Å². The molecule has 0 aromatic carbocycles. The molecule has 5 nitrogen and oxygen atoms in total. The summed E-state index contributed by atoms with van der Waals surface area (Å²) in [4.78, 5) is 22.4. The van der Waals surface area contributed by atoms with E-state index >= 15 is 0 Å². The summed E-state index contributed by atoms with van der Waals surface area (Å²) in [6, 6.07) is 0. The van der Waals surface area contributed by atoms with Crippen LogP contribution in [-0.2, 0) is 14.3 Å². The SMILES string of the molecule is COC(=O)C(C)=CCNCC(=O)NC(C)(C)C. The molecule has 0 spiro atoms. The molecule has 98 valence electrons. The minimum absolute atomic E-state index is 0.0679. The van der Waals surface area contributed by atoms with Gasteiger partial charge in [0.1, 0.15) is 0 Å². The molecule has 17 heavy (non-hydrogen) atoms. The lowest BCUT2D eigenvalue weighted by atomic mass is 10.1. The van der Waals surface area contributed by atoms with E-state index in [0.29, 0.717) is 12.1 Å². The third kappa shape index (κ3) is 8.45. The van der Waals surface area contributed by atoms with Crippen LogP contribution in [0.2, 0.25) is 0 Å². The number of nitrogens with one attached hydrogen (secondary N) is 2. The van der Waals surface area contributed by atoms with Crippen molar-refractivity contribution < 1.29 is 14.3 Å². The summed E-state index contributed by atoms with van der Waals surface area (Å²) >= 11 is 0. The second-order valence-electron chi connectivity index (χ2n) is 4.81. The topological polar surface area (TPSA) is 67.4 Å². The van der Waals surface area contributed by atoms with Crippen molar-refractivity contribution in [2.45, 2.75) is 33.2 Å². The third-order valence-electron chi connectivity index (χ3n) is 1.86. The lowest BCUT2D eigenvalue weighted by Gasteiger charge is -2.20. The summed E-state index contributed by atoms with van der Waals surface area (Å²) in [5, 5.41) is 5.75. The number of hydrogen-bond acceptors (Lipinski definition) is 4. The number of rotatable bonds is 5. The molecule has 0 unspecified atom stereocenters. The Morgan fingerprint density at radius 3 is 2.35 bits per heavy atom. The fraction of sp³-hybridized carbons (Fsp3) is 0.667. The van der Waals surface area contributed by atoms with Gasteiger partial charge in [-0.1, -0.05) is 6.08 Å². The maximum atomic E-state index is 11.4. The van der Waals surface area contributed by atoms with Gasteiger partial charge in [-0.15, -0.1) is 0 Å². The lowest BCUT2D eigenvalue weighted by molar-refractivity contribution is -0.136. The molecule has 2 N–H and O–H groups in total. The Morgan fingerprint density at radius 1 is 1.29 bits per heavy atom. The summed E-state index contributed by atoms with van der Waals surface area (Å²) in [6.07, 6.45) is 1.69. The average Bonchev–Trinajstić information content (AvgIpc) is 2.20. The van der Waals surface area contributed by atoms with Gasteiger partial charge in [-0.25, -0.2) is 4.79 Å². The van der Waals surface area contributed by atoms with Crippen LogP contribution < -0.4 is 10.6 Å². The van der Waals surface area contributed by atoms with Crippen LogP contribution in [0.15, 0.2) is 11.6 Å². The van der Waals surface area contributed by atoms with E-state index in [4.69, 9.17) is 0 Å². The highest BCUT2D eigenvalue weighted by Crippen LogP contribution is 1.97. The minimum Gasteiger partial charge on any atom is -0.466 e. The van der Waals surface area contributed by atoms with Crippen LogP contribution in [0.25, 0.3) is 0 Å². The molecule has 1 amide bonds. The molecule has 0 aromatic heterocycles. The molecule has 0 saturated heterocycles. The van der Waals surface area contributed by atoms with E-state index in [-0.39, 0.29) is 24.0 Å². The van der Waals surface area contributed by atoms with Gasteiger partial charge in [0, 0.05) is 17.7 Å². The first-order valence-corrected chi connectivity index (χ1v) is 5.53. The normalized spacial score (nSPS) is 12.2. The van der Waals surface area contributed by atoms with Gasteiger partial charge in [0.2, 0.25) is 5.91 Å². The average molecular weight is 242 g/mol. The fourth-order valence-corrected chi connectivity index (χ4v) is 1.12. The van der Waals surface area contributed by atoms with Crippen LogP contribution in [-0.4, -0.2) is 37.6 Å². The first-order chi connectivity index (χ1) is 7.76. The zero-order valence-corrected chi connectivity index (χ0v) is 11.2. The van der Waals surface area contributed by atoms with Crippen molar-refractivity contribution in [3.8, 4) is 0 Å². The Morgan fingerprint density at radius 2 is 1.88 bits per heavy atom. The van der Waals surface area contributed by atoms with Gasteiger partial charge in [0.05, 0.1) is 13.7 Å². The van der Waals surface area contributed by atoms with E-state index < -0.39 is 0 Å². The molecule has 0 rings (SSSR count). The van der Waals surface area contributed by atoms with E-state index in [1.807, 2.05) is 20.8 Å². The summed E-state index contributed by atoms with van der Waals surface area (Å²) in [6.45, 7) is 8.12. The van der Waals surface area contributed by atoms with Gasteiger partial charge in [-0.05, 0) is 27.7 Å². The quantitative estimate of drug-likeness (QED) is 0.421. The van der Waals surface area contributed by atoms with Crippen molar-refractivity contribution in [3.05, 3.63) is 11.6 Å². The molecular formula is C12H22N2O3. The van der Waals surface area contributed by atoms with Gasteiger partial charge in [0.25, 0.3) is 0 Å². The molecule has 0 heterocycles. The van der Waals surface area contributed by atoms with Gasteiger partial charge >= 0.3 is 5.97 Å². The number of carbonyl (C=O) groups excluding carboxylic acids is 2.